The van der Waals surface area contributed by atoms with Gasteiger partial charge in [0, 0.05) is 43.3 Å². The monoisotopic (exact) mass is 408 g/mol. The molecule has 2 aliphatic heterocycles. The Bertz CT molecular complexity index is 1040. The van der Waals surface area contributed by atoms with Crippen molar-refractivity contribution < 1.29 is 0 Å². The lowest BCUT2D eigenvalue weighted by Gasteiger charge is -2.35. The Morgan fingerprint density at radius 2 is 1.81 bits per heavy atom. The molecular weight excluding hydrogens is 388 g/mol. The van der Waals surface area contributed by atoms with Crippen LogP contribution in [0.4, 0.5) is 11.4 Å². The number of piperazine rings is 1. The molecule has 0 N–H and O–H groups in total. The first-order valence-electron chi connectivity index (χ1n) is 9.05. The van der Waals surface area contributed by atoms with Crippen molar-refractivity contribution >= 4 is 42.8 Å². The predicted molar refractivity (Wildman–Crippen MR) is 113 cm³/mol. The smallest absolute Gasteiger partial charge is 0.116 e. The zero-order valence-corrected chi connectivity index (χ0v) is 16.6. The van der Waals surface area contributed by atoms with Crippen molar-refractivity contribution in [3.05, 3.63) is 53.7 Å². The van der Waals surface area contributed by atoms with Gasteiger partial charge in [-0.15, -0.1) is 0 Å². The van der Waals surface area contributed by atoms with Crippen molar-refractivity contribution in [2.75, 3.05) is 38.1 Å². The summed E-state index contributed by atoms with van der Waals surface area (Å²) >= 11 is 3.76. The molecule has 3 aromatic rings. The van der Waals surface area contributed by atoms with E-state index in [4.69, 9.17) is 4.99 Å². The number of anilines is 1. The second kappa shape index (κ2) is 5.96. The highest BCUT2D eigenvalue weighted by Gasteiger charge is 2.24. The van der Waals surface area contributed by atoms with Crippen LogP contribution < -0.4 is 4.90 Å². The normalized spacial score (nSPS) is 17.2. The summed E-state index contributed by atoms with van der Waals surface area (Å²) in [5.74, 6) is 0. The number of hydrogen-bond acceptors (Lipinski definition) is 3. The standard InChI is InChI=1S/C21H21BrN4/c1-14-6-7-17(25-12-10-24(2)11-13-25)18-19(14)26-9-8-15-4-3-5-16(20(15)26)21(22)23-18/h3-9H,10-13H2,1-2H3. The molecule has 0 radical (unpaired) electrons. The molecule has 0 aliphatic carbocycles. The molecule has 0 spiro atoms. The fourth-order valence-corrected chi connectivity index (χ4v) is 4.59. The van der Waals surface area contributed by atoms with Gasteiger partial charge in [0.05, 0.1) is 16.9 Å². The molecule has 0 amide bonds. The summed E-state index contributed by atoms with van der Waals surface area (Å²) in [4.78, 5) is 9.92. The van der Waals surface area contributed by atoms with Crippen molar-refractivity contribution in [3.8, 4) is 5.69 Å². The largest absolute Gasteiger partial charge is 0.367 e. The van der Waals surface area contributed by atoms with Crippen LogP contribution in [0.3, 0.4) is 0 Å². The molecule has 0 saturated carbocycles. The average molecular weight is 409 g/mol. The lowest BCUT2D eigenvalue weighted by Crippen LogP contribution is -2.44. The summed E-state index contributed by atoms with van der Waals surface area (Å²) in [6, 6.07) is 13.1. The first-order valence-corrected chi connectivity index (χ1v) is 9.85. The van der Waals surface area contributed by atoms with Crippen LogP contribution in [0.1, 0.15) is 11.1 Å². The van der Waals surface area contributed by atoms with E-state index in [0.717, 1.165) is 42.1 Å². The van der Waals surface area contributed by atoms with Crippen molar-refractivity contribution in [3.63, 3.8) is 0 Å². The number of para-hydroxylation sites is 1. The Kier molecular flexibility index (Phi) is 3.69. The van der Waals surface area contributed by atoms with E-state index < -0.39 is 0 Å². The molecule has 5 heteroatoms. The van der Waals surface area contributed by atoms with E-state index in [0.29, 0.717) is 0 Å². The van der Waals surface area contributed by atoms with Crippen LogP contribution in [0.2, 0.25) is 0 Å². The Labute approximate surface area is 161 Å². The Morgan fingerprint density at radius 3 is 2.62 bits per heavy atom. The number of likely N-dealkylation sites (N-methyl/N-ethyl adjacent to an activating group) is 1. The van der Waals surface area contributed by atoms with Gasteiger partial charge >= 0.3 is 0 Å². The minimum Gasteiger partial charge on any atom is -0.367 e. The minimum absolute atomic E-state index is 0.905. The Hall–Kier alpha value is -2.11. The maximum absolute atomic E-state index is 5.06. The molecule has 2 aromatic carbocycles. The van der Waals surface area contributed by atoms with Crippen molar-refractivity contribution in [1.29, 1.82) is 0 Å². The molecule has 3 heterocycles. The van der Waals surface area contributed by atoms with Gasteiger partial charge in [-0.25, -0.2) is 4.99 Å². The van der Waals surface area contributed by atoms with E-state index in [9.17, 15) is 0 Å². The summed E-state index contributed by atoms with van der Waals surface area (Å²) < 4.78 is 3.22. The van der Waals surface area contributed by atoms with Gasteiger partial charge in [0.15, 0.2) is 0 Å². The number of benzene rings is 2. The van der Waals surface area contributed by atoms with E-state index in [1.165, 1.54) is 27.8 Å². The quantitative estimate of drug-likeness (QED) is 0.592. The second-order valence-electron chi connectivity index (χ2n) is 7.22. The third-order valence-corrected chi connectivity index (χ3v) is 6.16. The third-order valence-electron chi connectivity index (χ3n) is 5.56. The van der Waals surface area contributed by atoms with E-state index >= 15 is 0 Å². The molecule has 2 aliphatic rings. The first-order chi connectivity index (χ1) is 12.6. The average Bonchev–Trinajstić information content (AvgIpc) is 3.01. The lowest BCUT2D eigenvalue weighted by atomic mass is 10.1. The van der Waals surface area contributed by atoms with Gasteiger partial charge in [0.2, 0.25) is 0 Å². The number of aliphatic imine (C=N–C) groups is 1. The zero-order valence-electron chi connectivity index (χ0n) is 15.0. The molecule has 1 fully saturated rings. The van der Waals surface area contributed by atoms with Crippen LogP contribution in [0.25, 0.3) is 16.6 Å². The third kappa shape index (κ3) is 2.34. The fraction of sp³-hybridized carbons (Fsp3) is 0.286. The van der Waals surface area contributed by atoms with Gasteiger partial charge in [-0.05, 0) is 47.6 Å². The maximum atomic E-state index is 5.06. The summed E-state index contributed by atoms with van der Waals surface area (Å²) in [6.45, 7) is 6.42. The number of fused-ring (bicyclic) bond motifs is 2. The van der Waals surface area contributed by atoms with Crippen LogP contribution in [0.15, 0.2) is 47.6 Å². The molecule has 0 bridgehead atoms. The number of hydrogen-bond donors (Lipinski definition) is 0. The minimum atomic E-state index is 0.905. The summed E-state index contributed by atoms with van der Waals surface area (Å²) in [7, 11) is 2.19. The van der Waals surface area contributed by atoms with E-state index in [1.54, 1.807) is 0 Å². The van der Waals surface area contributed by atoms with Crippen molar-refractivity contribution in [2.24, 2.45) is 4.99 Å². The first kappa shape index (κ1) is 16.1. The number of aryl methyl sites for hydroxylation is 1. The molecule has 1 saturated heterocycles. The number of aromatic nitrogens is 1. The SMILES string of the molecule is Cc1ccc(N2CCN(C)CC2)c2c1-n1ccc3cccc(c31)C(Br)=N2. The van der Waals surface area contributed by atoms with Crippen molar-refractivity contribution in [1.82, 2.24) is 9.47 Å². The molecule has 1 aromatic heterocycles. The highest BCUT2D eigenvalue weighted by molar-refractivity contribution is 9.18. The van der Waals surface area contributed by atoms with Gasteiger partial charge in [-0.3, -0.25) is 0 Å². The number of halogens is 1. The van der Waals surface area contributed by atoms with Crippen LogP contribution in [0.5, 0.6) is 0 Å². The highest BCUT2D eigenvalue weighted by atomic mass is 79.9. The Morgan fingerprint density at radius 1 is 1.00 bits per heavy atom. The van der Waals surface area contributed by atoms with Crippen LogP contribution in [-0.4, -0.2) is 47.3 Å². The molecule has 4 nitrogen and oxygen atoms in total. The van der Waals surface area contributed by atoms with Gasteiger partial charge in [0.1, 0.15) is 10.3 Å². The number of nitrogens with zero attached hydrogens (tertiary/aromatic N) is 4. The van der Waals surface area contributed by atoms with Crippen molar-refractivity contribution in [2.45, 2.75) is 6.92 Å². The maximum Gasteiger partial charge on any atom is 0.116 e. The van der Waals surface area contributed by atoms with E-state index in [2.05, 4.69) is 86.9 Å². The van der Waals surface area contributed by atoms with Crippen LogP contribution >= 0.6 is 15.9 Å². The van der Waals surface area contributed by atoms with Crippen LogP contribution in [-0.2, 0) is 0 Å². The highest BCUT2D eigenvalue weighted by Crippen LogP contribution is 2.42. The lowest BCUT2D eigenvalue weighted by molar-refractivity contribution is 0.313. The van der Waals surface area contributed by atoms with Gasteiger partial charge in [-0.1, -0.05) is 24.3 Å². The molecule has 0 unspecified atom stereocenters. The molecular formula is C21H21BrN4. The fourth-order valence-electron chi connectivity index (χ4n) is 4.09. The summed E-state index contributed by atoms with van der Waals surface area (Å²) in [6.07, 6.45) is 2.18. The second-order valence-corrected chi connectivity index (χ2v) is 7.97. The summed E-state index contributed by atoms with van der Waals surface area (Å²) in [5.41, 5.74) is 7.10. The molecule has 5 rings (SSSR count). The van der Waals surface area contributed by atoms with Gasteiger partial charge < -0.3 is 14.4 Å². The topological polar surface area (TPSA) is 23.8 Å². The van der Waals surface area contributed by atoms with Crippen LogP contribution in [0, 0.1) is 6.92 Å². The molecule has 26 heavy (non-hydrogen) atoms. The van der Waals surface area contributed by atoms with E-state index in [-0.39, 0.29) is 0 Å². The van der Waals surface area contributed by atoms with E-state index in [1.807, 2.05) is 0 Å². The Balaban J connectivity index is 1.78. The molecule has 0 atom stereocenters. The number of rotatable bonds is 1. The predicted octanol–water partition coefficient (Wildman–Crippen LogP) is 4.48. The van der Waals surface area contributed by atoms with Gasteiger partial charge in [0.25, 0.3) is 0 Å². The summed E-state index contributed by atoms with van der Waals surface area (Å²) in [5, 5.41) is 1.24. The molecule has 132 valence electrons. The van der Waals surface area contributed by atoms with Gasteiger partial charge in [-0.2, -0.15) is 0 Å². The zero-order chi connectivity index (χ0) is 17.8.